The van der Waals surface area contributed by atoms with Crippen LogP contribution in [0.5, 0.6) is 0 Å². The summed E-state index contributed by atoms with van der Waals surface area (Å²) in [6.45, 7) is 5.51. The number of esters is 1. The van der Waals surface area contributed by atoms with Crippen molar-refractivity contribution < 1.29 is 9.53 Å². The van der Waals surface area contributed by atoms with Gasteiger partial charge in [-0.3, -0.25) is 4.79 Å². The van der Waals surface area contributed by atoms with Crippen LogP contribution in [0.15, 0.2) is 0 Å². The zero-order valence-electron chi connectivity index (χ0n) is 9.62. The molecule has 0 unspecified atom stereocenters. The summed E-state index contributed by atoms with van der Waals surface area (Å²) in [6.07, 6.45) is 4.18. The molecule has 0 heterocycles. The molecule has 0 aromatic rings. The van der Waals surface area contributed by atoms with Crippen molar-refractivity contribution in [3.63, 3.8) is 0 Å². The molecule has 1 aliphatic carbocycles. The van der Waals surface area contributed by atoms with E-state index in [-0.39, 0.29) is 24.3 Å². The van der Waals surface area contributed by atoms with Gasteiger partial charge in [0.1, 0.15) is 0 Å². The Hall–Kier alpha value is -0.280. The number of carbonyl (C=O) groups excluding carboxylic acids is 1. The minimum Gasteiger partial charge on any atom is -0.466 e. The topological polar surface area (TPSA) is 38.3 Å². The summed E-state index contributed by atoms with van der Waals surface area (Å²) in [4.78, 5) is 11.4. The van der Waals surface area contributed by atoms with E-state index in [4.69, 9.17) is 4.74 Å². The Bertz CT molecular complexity index is 179. The summed E-state index contributed by atoms with van der Waals surface area (Å²) in [5.74, 6) is 0.160. The lowest BCUT2D eigenvalue weighted by Crippen LogP contribution is -2.35. The Morgan fingerprint density at radius 2 is 1.87 bits per heavy atom. The zero-order valence-corrected chi connectivity index (χ0v) is 10.4. The molecule has 90 valence electrons. The van der Waals surface area contributed by atoms with E-state index in [1.54, 1.807) is 0 Å². The molecular weight excluding hydrogens is 214 g/mol. The van der Waals surface area contributed by atoms with Gasteiger partial charge in [-0.05, 0) is 39.2 Å². The van der Waals surface area contributed by atoms with Crippen molar-refractivity contribution in [3.05, 3.63) is 0 Å². The molecule has 1 aliphatic rings. The van der Waals surface area contributed by atoms with Crippen LogP contribution in [0.25, 0.3) is 0 Å². The van der Waals surface area contributed by atoms with E-state index in [0.717, 1.165) is 32.2 Å². The molecule has 0 radical (unpaired) electrons. The van der Waals surface area contributed by atoms with Gasteiger partial charge in [0.05, 0.1) is 12.5 Å². The van der Waals surface area contributed by atoms with E-state index in [2.05, 4.69) is 12.2 Å². The number of nitrogens with one attached hydrogen (secondary N) is 1. The summed E-state index contributed by atoms with van der Waals surface area (Å²) in [6, 6.07) is 0.616. The van der Waals surface area contributed by atoms with Gasteiger partial charge in [0, 0.05) is 6.04 Å². The van der Waals surface area contributed by atoms with Gasteiger partial charge in [0.25, 0.3) is 0 Å². The predicted octanol–water partition coefficient (Wildman–Crippen LogP) is 2.14. The van der Waals surface area contributed by atoms with Crippen molar-refractivity contribution in [1.29, 1.82) is 0 Å². The largest absolute Gasteiger partial charge is 0.466 e. The van der Waals surface area contributed by atoms with Gasteiger partial charge >= 0.3 is 5.97 Å². The van der Waals surface area contributed by atoms with E-state index in [1.807, 2.05) is 6.92 Å². The van der Waals surface area contributed by atoms with E-state index < -0.39 is 0 Å². The SMILES string of the molecule is CCNC1CCC(C(=O)OCC)CC1.Cl. The lowest BCUT2D eigenvalue weighted by Gasteiger charge is -2.27. The summed E-state index contributed by atoms with van der Waals surface area (Å²) in [5.41, 5.74) is 0. The maximum atomic E-state index is 11.4. The predicted molar refractivity (Wildman–Crippen MR) is 63.3 cm³/mol. The molecular formula is C11H22ClNO2. The molecule has 1 N–H and O–H groups in total. The Labute approximate surface area is 98.4 Å². The molecule has 1 rings (SSSR count). The van der Waals surface area contributed by atoms with Crippen molar-refractivity contribution in [2.45, 2.75) is 45.6 Å². The zero-order chi connectivity index (χ0) is 10.4. The van der Waals surface area contributed by atoms with E-state index >= 15 is 0 Å². The summed E-state index contributed by atoms with van der Waals surface area (Å²) >= 11 is 0. The quantitative estimate of drug-likeness (QED) is 0.759. The lowest BCUT2D eigenvalue weighted by molar-refractivity contribution is -0.149. The minimum absolute atomic E-state index is 0. The highest BCUT2D eigenvalue weighted by atomic mass is 35.5. The number of hydrogen-bond donors (Lipinski definition) is 1. The molecule has 0 saturated heterocycles. The minimum atomic E-state index is 0. The van der Waals surface area contributed by atoms with Crippen LogP contribution in [-0.2, 0) is 9.53 Å². The number of carbonyl (C=O) groups is 1. The third kappa shape index (κ3) is 4.85. The van der Waals surface area contributed by atoms with Crippen LogP contribution in [0.1, 0.15) is 39.5 Å². The molecule has 3 nitrogen and oxygen atoms in total. The highest BCUT2D eigenvalue weighted by molar-refractivity contribution is 5.85. The van der Waals surface area contributed by atoms with Gasteiger partial charge in [0.15, 0.2) is 0 Å². The van der Waals surface area contributed by atoms with Crippen molar-refractivity contribution in [2.24, 2.45) is 5.92 Å². The summed E-state index contributed by atoms with van der Waals surface area (Å²) < 4.78 is 5.02. The van der Waals surface area contributed by atoms with Gasteiger partial charge in [-0.2, -0.15) is 0 Å². The Morgan fingerprint density at radius 3 is 2.33 bits per heavy atom. The number of ether oxygens (including phenoxy) is 1. The maximum absolute atomic E-state index is 11.4. The molecule has 0 aromatic heterocycles. The second kappa shape index (κ2) is 7.94. The molecule has 0 amide bonds. The molecule has 1 saturated carbocycles. The number of rotatable bonds is 4. The van der Waals surface area contributed by atoms with Crippen LogP contribution in [0.3, 0.4) is 0 Å². The smallest absolute Gasteiger partial charge is 0.308 e. The van der Waals surface area contributed by atoms with Crippen LogP contribution >= 0.6 is 12.4 Å². The highest BCUT2D eigenvalue weighted by Gasteiger charge is 2.26. The van der Waals surface area contributed by atoms with E-state index in [1.165, 1.54) is 0 Å². The molecule has 0 atom stereocenters. The second-order valence-corrected chi connectivity index (χ2v) is 3.86. The van der Waals surface area contributed by atoms with Crippen molar-refractivity contribution >= 4 is 18.4 Å². The van der Waals surface area contributed by atoms with Crippen LogP contribution in [0.2, 0.25) is 0 Å². The second-order valence-electron chi connectivity index (χ2n) is 3.86. The fourth-order valence-corrected chi connectivity index (χ4v) is 2.08. The fourth-order valence-electron chi connectivity index (χ4n) is 2.08. The van der Waals surface area contributed by atoms with Crippen molar-refractivity contribution in [2.75, 3.05) is 13.2 Å². The molecule has 0 aromatic carbocycles. The first-order valence-corrected chi connectivity index (χ1v) is 5.68. The summed E-state index contributed by atoms with van der Waals surface area (Å²) in [5, 5.41) is 3.42. The van der Waals surface area contributed by atoms with Crippen LogP contribution in [0.4, 0.5) is 0 Å². The normalized spacial score (nSPS) is 25.5. The van der Waals surface area contributed by atoms with Crippen molar-refractivity contribution in [3.8, 4) is 0 Å². The molecule has 0 aliphatic heterocycles. The first-order valence-electron chi connectivity index (χ1n) is 5.68. The lowest BCUT2D eigenvalue weighted by atomic mass is 9.86. The van der Waals surface area contributed by atoms with E-state index in [0.29, 0.717) is 12.6 Å². The Kier molecular flexibility index (Phi) is 7.79. The molecule has 4 heteroatoms. The monoisotopic (exact) mass is 235 g/mol. The van der Waals surface area contributed by atoms with Gasteiger partial charge in [-0.1, -0.05) is 6.92 Å². The highest BCUT2D eigenvalue weighted by Crippen LogP contribution is 2.25. The first-order chi connectivity index (χ1) is 6.77. The van der Waals surface area contributed by atoms with Gasteiger partial charge < -0.3 is 10.1 Å². The molecule has 1 fully saturated rings. The first kappa shape index (κ1) is 14.7. The van der Waals surface area contributed by atoms with Crippen LogP contribution in [-0.4, -0.2) is 25.2 Å². The van der Waals surface area contributed by atoms with Crippen LogP contribution < -0.4 is 5.32 Å². The third-order valence-electron chi connectivity index (χ3n) is 2.84. The summed E-state index contributed by atoms with van der Waals surface area (Å²) in [7, 11) is 0. The molecule has 0 bridgehead atoms. The Morgan fingerprint density at radius 1 is 1.27 bits per heavy atom. The third-order valence-corrected chi connectivity index (χ3v) is 2.84. The average Bonchev–Trinajstić information content (AvgIpc) is 2.20. The molecule has 0 spiro atoms. The van der Waals surface area contributed by atoms with Crippen molar-refractivity contribution in [1.82, 2.24) is 5.32 Å². The van der Waals surface area contributed by atoms with Gasteiger partial charge in [-0.25, -0.2) is 0 Å². The standard InChI is InChI=1S/C11H21NO2.ClH/c1-3-12-10-7-5-9(6-8-10)11(13)14-4-2;/h9-10,12H,3-8H2,1-2H3;1H. The van der Waals surface area contributed by atoms with Gasteiger partial charge in [0.2, 0.25) is 0 Å². The average molecular weight is 236 g/mol. The maximum Gasteiger partial charge on any atom is 0.308 e. The Balaban J connectivity index is 0.00000196. The number of hydrogen-bond acceptors (Lipinski definition) is 3. The molecule has 15 heavy (non-hydrogen) atoms. The van der Waals surface area contributed by atoms with Crippen LogP contribution in [0, 0.1) is 5.92 Å². The van der Waals surface area contributed by atoms with E-state index in [9.17, 15) is 4.79 Å². The number of halogens is 1. The fraction of sp³-hybridized carbons (Fsp3) is 0.909. The van der Waals surface area contributed by atoms with Gasteiger partial charge in [-0.15, -0.1) is 12.4 Å².